The molecule has 0 aromatic heterocycles. The van der Waals surface area contributed by atoms with Crippen molar-refractivity contribution in [3.8, 4) is 0 Å². The van der Waals surface area contributed by atoms with E-state index in [0.717, 1.165) is 44.9 Å². The molecule has 0 rings (SSSR count). The molecule has 0 aliphatic carbocycles. The standard InChI is InChI=1S/C43H77O8P/c1-4-7-9-11-13-15-17-19-21-22-24-26-28-30-32-34-36-38-43(45)51-41(40-50-52(46,47)49-6-3)39-48-42(44)37-35-33-31-29-27-25-23-20-18-16-14-12-10-8-5-2/h13,15,19,21,24,26,30,32,41H,4-12,14,16-18,20,22-23,25,27-29,31,33-40H2,1-3H3,(H,46,47)/b15-13-,21-19-,26-24-,32-30-/t41-/m1/s1. The number of esters is 2. The summed E-state index contributed by atoms with van der Waals surface area (Å²) in [5, 5.41) is 0. The topological polar surface area (TPSA) is 108 Å². The number of phosphoric ester groups is 1. The van der Waals surface area contributed by atoms with Crippen molar-refractivity contribution in [1.29, 1.82) is 0 Å². The Balaban J connectivity index is 4.20. The van der Waals surface area contributed by atoms with Crippen molar-refractivity contribution in [3.05, 3.63) is 48.6 Å². The van der Waals surface area contributed by atoms with Crippen LogP contribution in [-0.2, 0) is 32.7 Å². The Morgan fingerprint density at radius 1 is 0.519 bits per heavy atom. The second kappa shape index (κ2) is 38.7. The molecule has 52 heavy (non-hydrogen) atoms. The van der Waals surface area contributed by atoms with Gasteiger partial charge >= 0.3 is 19.8 Å². The third kappa shape index (κ3) is 37.8. The second-order valence-corrected chi connectivity index (χ2v) is 15.1. The Kier molecular flexibility index (Phi) is 37.2. The summed E-state index contributed by atoms with van der Waals surface area (Å²) in [5.41, 5.74) is 0. The van der Waals surface area contributed by atoms with Crippen LogP contribution in [0.5, 0.6) is 0 Å². The number of carbonyl (C=O) groups is 2. The third-order valence-electron chi connectivity index (χ3n) is 8.64. The minimum Gasteiger partial charge on any atom is -0.462 e. The first-order valence-electron chi connectivity index (χ1n) is 20.9. The van der Waals surface area contributed by atoms with Gasteiger partial charge in [-0.3, -0.25) is 18.6 Å². The molecule has 0 bridgehead atoms. The Bertz CT molecular complexity index is 990. The molecule has 0 aromatic rings. The van der Waals surface area contributed by atoms with E-state index in [1.54, 1.807) is 6.92 Å². The molecule has 1 N–H and O–H groups in total. The maximum Gasteiger partial charge on any atom is 0.472 e. The molecule has 0 aromatic carbocycles. The first kappa shape index (κ1) is 50.0. The van der Waals surface area contributed by atoms with Crippen LogP contribution in [0.2, 0.25) is 0 Å². The number of unbranched alkanes of at least 4 members (excludes halogenated alkanes) is 18. The molecule has 0 aliphatic rings. The van der Waals surface area contributed by atoms with E-state index in [9.17, 15) is 19.0 Å². The highest BCUT2D eigenvalue weighted by Crippen LogP contribution is 2.43. The van der Waals surface area contributed by atoms with Crippen LogP contribution < -0.4 is 0 Å². The zero-order valence-corrected chi connectivity index (χ0v) is 34.3. The van der Waals surface area contributed by atoms with Crippen molar-refractivity contribution in [1.82, 2.24) is 0 Å². The van der Waals surface area contributed by atoms with Gasteiger partial charge in [-0.25, -0.2) is 4.57 Å². The van der Waals surface area contributed by atoms with Crippen LogP contribution in [0.4, 0.5) is 0 Å². The first-order chi connectivity index (χ1) is 25.3. The van der Waals surface area contributed by atoms with E-state index in [1.165, 1.54) is 103 Å². The summed E-state index contributed by atoms with van der Waals surface area (Å²) in [6, 6.07) is 0. The molecule has 0 amide bonds. The van der Waals surface area contributed by atoms with E-state index in [1.807, 2.05) is 6.08 Å². The highest BCUT2D eigenvalue weighted by molar-refractivity contribution is 7.47. The number of ether oxygens (including phenoxy) is 2. The van der Waals surface area contributed by atoms with Gasteiger partial charge in [-0.05, 0) is 58.3 Å². The second-order valence-electron chi connectivity index (χ2n) is 13.7. The normalized spacial score (nSPS) is 13.8. The number of hydrogen-bond donors (Lipinski definition) is 1. The van der Waals surface area contributed by atoms with Gasteiger partial charge in [-0.1, -0.05) is 165 Å². The summed E-state index contributed by atoms with van der Waals surface area (Å²) in [4.78, 5) is 34.7. The molecular weight excluding hydrogens is 675 g/mol. The zero-order chi connectivity index (χ0) is 38.2. The van der Waals surface area contributed by atoms with Gasteiger partial charge in [0.1, 0.15) is 6.61 Å². The van der Waals surface area contributed by atoms with Gasteiger partial charge in [0.2, 0.25) is 0 Å². The molecule has 0 spiro atoms. The molecular formula is C43H77O8P. The van der Waals surface area contributed by atoms with E-state index in [2.05, 4.69) is 56.4 Å². The quantitative estimate of drug-likeness (QED) is 0.0287. The Morgan fingerprint density at radius 3 is 1.44 bits per heavy atom. The molecule has 9 heteroatoms. The van der Waals surface area contributed by atoms with Crippen molar-refractivity contribution < 1.29 is 37.6 Å². The van der Waals surface area contributed by atoms with Crippen LogP contribution in [0.1, 0.15) is 188 Å². The molecule has 0 radical (unpaired) electrons. The molecule has 0 saturated heterocycles. The van der Waals surface area contributed by atoms with E-state index in [0.29, 0.717) is 6.42 Å². The van der Waals surface area contributed by atoms with Gasteiger partial charge in [0, 0.05) is 12.8 Å². The van der Waals surface area contributed by atoms with Crippen LogP contribution >= 0.6 is 7.82 Å². The molecule has 0 aliphatic heterocycles. The number of carbonyl (C=O) groups excluding carboxylic acids is 2. The summed E-state index contributed by atoms with van der Waals surface area (Å²) in [5.74, 6) is -0.861. The van der Waals surface area contributed by atoms with Crippen LogP contribution in [0.15, 0.2) is 48.6 Å². The van der Waals surface area contributed by atoms with Gasteiger partial charge in [0.25, 0.3) is 0 Å². The Labute approximate surface area is 318 Å². The van der Waals surface area contributed by atoms with Crippen LogP contribution in [0.3, 0.4) is 0 Å². The third-order valence-corrected chi connectivity index (χ3v) is 9.70. The lowest BCUT2D eigenvalue weighted by molar-refractivity contribution is -0.161. The minimum absolute atomic E-state index is 0.00997. The first-order valence-corrected chi connectivity index (χ1v) is 22.4. The molecule has 0 fully saturated rings. The smallest absolute Gasteiger partial charge is 0.462 e. The van der Waals surface area contributed by atoms with Gasteiger partial charge in [0.15, 0.2) is 6.10 Å². The van der Waals surface area contributed by atoms with Crippen molar-refractivity contribution in [2.24, 2.45) is 0 Å². The Morgan fingerprint density at radius 2 is 0.942 bits per heavy atom. The van der Waals surface area contributed by atoms with E-state index in [-0.39, 0.29) is 32.0 Å². The summed E-state index contributed by atoms with van der Waals surface area (Å²) in [6.07, 6.45) is 44.5. The average Bonchev–Trinajstić information content (AvgIpc) is 3.12. The van der Waals surface area contributed by atoms with Gasteiger partial charge in [-0.15, -0.1) is 0 Å². The number of allylic oxidation sites excluding steroid dienone is 8. The molecule has 0 heterocycles. The molecule has 0 saturated carbocycles. The summed E-state index contributed by atoms with van der Waals surface area (Å²) >= 11 is 0. The molecule has 8 nitrogen and oxygen atoms in total. The van der Waals surface area contributed by atoms with Crippen molar-refractivity contribution >= 4 is 19.8 Å². The predicted molar refractivity (Wildman–Crippen MR) is 216 cm³/mol. The number of rotatable bonds is 38. The monoisotopic (exact) mass is 753 g/mol. The fraction of sp³-hybridized carbons (Fsp3) is 0.767. The fourth-order valence-corrected chi connectivity index (χ4v) is 6.32. The van der Waals surface area contributed by atoms with E-state index >= 15 is 0 Å². The van der Waals surface area contributed by atoms with Gasteiger partial charge in [-0.2, -0.15) is 0 Å². The number of hydrogen-bond acceptors (Lipinski definition) is 7. The predicted octanol–water partition coefficient (Wildman–Crippen LogP) is 13.0. The summed E-state index contributed by atoms with van der Waals surface area (Å²) in [6.45, 7) is 5.39. The number of phosphoric acid groups is 1. The minimum atomic E-state index is -4.29. The lowest BCUT2D eigenvalue weighted by Gasteiger charge is -2.19. The van der Waals surface area contributed by atoms with Crippen LogP contribution in [0.25, 0.3) is 0 Å². The van der Waals surface area contributed by atoms with Gasteiger partial charge < -0.3 is 14.4 Å². The lowest BCUT2D eigenvalue weighted by atomic mass is 10.0. The largest absolute Gasteiger partial charge is 0.472 e. The van der Waals surface area contributed by atoms with E-state index in [4.69, 9.17) is 18.5 Å². The van der Waals surface area contributed by atoms with Crippen molar-refractivity contribution in [3.63, 3.8) is 0 Å². The van der Waals surface area contributed by atoms with Gasteiger partial charge in [0.05, 0.1) is 13.2 Å². The highest BCUT2D eigenvalue weighted by Gasteiger charge is 2.25. The summed E-state index contributed by atoms with van der Waals surface area (Å²) in [7, 11) is -4.29. The van der Waals surface area contributed by atoms with Crippen LogP contribution in [0, 0.1) is 0 Å². The van der Waals surface area contributed by atoms with Crippen molar-refractivity contribution in [2.75, 3.05) is 19.8 Å². The lowest BCUT2D eigenvalue weighted by Crippen LogP contribution is -2.29. The fourth-order valence-electron chi connectivity index (χ4n) is 5.56. The Hall–Kier alpha value is -1.99. The maximum atomic E-state index is 12.5. The molecule has 1 unspecified atom stereocenters. The summed E-state index contributed by atoms with van der Waals surface area (Å²) < 4.78 is 32.5. The molecule has 2 atom stereocenters. The van der Waals surface area contributed by atoms with Crippen LogP contribution in [-0.4, -0.2) is 42.8 Å². The zero-order valence-electron chi connectivity index (χ0n) is 33.5. The van der Waals surface area contributed by atoms with Crippen molar-refractivity contribution in [2.45, 2.75) is 194 Å². The average molecular weight is 753 g/mol. The SMILES string of the molecule is CCCCC/C=C\C/C=C\C/C=C\C/C=C\CCCC(=O)O[C@H](COC(=O)CCCCCCCCCCCCCCCCC)COP(=O)(O)OCC. The molecule has 302 valence electrons. The maximum absolute atomic E-state index is 12.5. The van der Waals surface area contributed by atoms with E-state index < -0.39 is 26.5 Å². The highest BCUT2D eigenvalue weighted by atomic mass is 31.2.